The minimum absolute atomic E-state index is 0.0648. The van der Waals surface area contributed by atoms with Crippen LogP contribution in [0.1, 0.15) is 22.8 Å². The molecule has 0 heterocycles. The Hall–Kier alpha value is -0.970. The van der Waals surface area contributed by atoms with Crippen molar-refractivity contribution in [3.8, 4) is 0 Å². The number of hydrogen-bond donors (Lipinski definition) is 1. The van der Waals surface area contributed by atoms with E-state index in [1.54, 1.807) is 6.92 Å². The second-order valence-electron chi connectivity index (χ2n) is 4.19. The van der Waals surface area contributed by atoms with Crippen molar-refractivity contribution in [2.24, 2.45) is 0 Å². The van der Waals surface area contributed by atoms with Crippen molar-refractivity contribution in [3.63, 3.8) is 0 Å². The summed E-state index contributed by atoms with van der Waals surface area (Å²) in [5.41, 5.74) is 0.703. The summed E-state index contributed by atoms with van der Waals surface area (Å²) >= 11 is 9.12. The van der Waals surface area contributed by atoms with Gasteiger partial charge in [0.15, 0.2) is 0 Å². The normalized spacial score (nSPS) is 12.5. The predicted octanol–water partition coefficient (Wildman–Crippen LogP) is 4.77. The summed E-state index contributed by atoms with van der Waals surface area (Å²) < 4.78 is 27.7. The summed E-state index contributed by atoms with van der Waals surface area (Å²) in [5, 5.41) is 10.3. The van der Waals surface area contributed by atoms with Crippen molar-refractivity contribution in [2.75, 3.05) is 0 Å². The molecule has 0 spiro atoms. The highest BCUT2D eigenvalue weighted by Crippen LogP contribution is 2.32. The largest absolute Gasteiger partial charge is 0.383 e. The molecule has 1 N–H and O–H groups in total. The van der Waals surface area contributed by atoms with Gasteiger partial charge in [0.1, 0.15) is 17.7 Å². The highest BCUT2D eigenvalue weighted by atomic mass is 79.9. The zero-order valence-electron chi connectivity index (χ0n) is 9.92. The standard InChI is InChI=1S/C14H10BrClF2O/c1-7-4-9(11(16)6-13(7)18)14(19)10-5-8(15)2-3-12(10)17/h2-6,14,19H,1H3. The molecule has 0 aliphatic carbocycles. The van der Waals surface area contributed by atoms with Gasteiger partial charge in [-0.05, 0) is 42.8 Å². The van der Waals surface area contributed by atoms with E-state index in [1.165, 1.54) is 24.3 Å². The molecule has 0 saturated heterocycles. The molecule has 0 fully saturated rings. The lowest BCUT2D eigenvalue weighted by Crippen LogP contribution is -2.04. The van der Waals surface area contributed by atoms with E-state index in [-0.39, 0.29) is 16.1 Å². The number of hydrogen-bond acceptors (Lipinski definition) is 1. The van der Waals surface area contributed by atoms with Crippen molar-refractivity contribution < 1.29 is 13.9 Å². The number of aliphatic hydroxyl groups is 1. The van der Waals surface area contributed by atoms with Crippen molar-refractivity contribution in [2.45, 2.75) is 13.0 Å². The van der Waals surface area contributed by atoms with E-state index < -0.39 is 17.7 Å². The molecule has 100 valence electrons. The highest BCUT2D eigenvalue weighted by molar-refractivity contribution is 9.10. The van der Waals surface area contributed by atoms with Gasteiger partial charge < -0.3 is 5.11 Å². The number of aliphatic hydroxyl groups excluding tert-OH is 1. The van der Waals surface area contributed by atoms with E-state index in [4.69, 9.17) is 11.6 Å². The van der Waals surface area contributed by atoms with Crippen LogP contribution in [0.15, 0.2) is 34.8 Å². The second kappa shape index (κ2) is 5.57. The molecule has 2 aromatic carbocycles. The first-order valence-electron chi connectivity index (χ1n) is 5.48. The Kier molecular flexibility index (Phi) is 4.23. The van der Waals surface area contributed by atoms with Crippen molar-refractivity contribution >= 4 is 27.5 Å². The van der Waals surface area contributed by atoms with E-state index in [1.807, 2.05) is 0 Å². The zero-order chi connectivity index (χ0) is 14.2. The first-order chi connectivity index (χ1) is 8.90. The molecular weight excluding hydrogens is 338 g/mol. The zero-order valence-corrected chi connectivity index (χ0v) is 12.3. The minimum Gasteiger partial charge on any atom is -0.383 e. The molecule has 0 radical (unpaired) electrons. The number of aryl methyl sites for hydroxylation is 1. The SMILES string of the molecule is Cc1cc(C(O)c2cc(Br)ccc2F)c(Cl)cc1F. The monoisotopic (exact) mass is 346 g/mol. The fourth-order valence-electron chi connectivity index (χ4n) is 1.78. The van der Waals surface area contributed by atoms with Gasteiger partial charge in [-0.1, -0.05) is 27.5 Å². The summed E-state index contributed by atoms with van der Waals surface area (Å²) in [7, 11) is 0. The minimum atomic E-state index is -1.25. The molecule has 1 nitrogen and oxygen atoms in total. The van der Waals surface area contributed by atoms with Gasteiger partial charge in [-0.15, -0.1) is 0 Å². The summed E-state index contributed by atoms with van der Waals surface area (Å²) in [6, 6.07) is 6.78. The maximum atomic E-state index is 13.7. The molecule has 1 unspecified atom stereocenters. The Morgan fingerprint density at radius 2 is 1.79 bits per heavy atom. The van der Waals surface area contributed by atoms with Gasteiger partial charge in [-0.25, -0.2) is 8.78 Å². The predicted molar refractivity (Wildman–Crippen MR) is 74.3 cm³/mol. The van der Waals surface area contributed by atoms with Gasteiger partial charge in [0.05, 0.1) is 0 Å². The molecule has 19 heavy (non-hydrogen) atoms. The van der Waals surface area contributed by atoms with E-state index >= 15 is 0 Å². The Morgan fingerprint density at radius 1 is 1.11 bits per heavy atom. The summed E-state index contributed by atoms with van der Waals surface area (Å²) in [4.78, 5) is 0. The van der Waals surface area contributed by atoms with Gasteiger partial charge in [-0.3, -0.25) is 0 Å². The highest BCUT2D eigenvalue weighted by Gasteiger charge is 2.19. The van der Waals surface area contributed by atoms with Crippen LogP contribution in [0.3, 0.4) is 0 Å². The molecule has 0 saturated carbocycles. The van der Waals surface area contributed by atoms with Gasteiger partial charge in [0.2, 0.25) is 0 Å². The first-order valence-corrected chi connectivity index (χ1v) is 6.66. The van der Waals surface area contributed by atoms with Crippen molar-refractivity contribution in [1.82, 2.24) is 0 Å². The molecule has 0 amide bonds. The van der Waals surface area contributed by atoms with Gasteiger partial charge in [-0.2, -0.15) is 0 Å². The lowest BCUT2D eigenvalue weighted by Gasteiger charge is -2.15. The van der Waals surface area contributed by atoms with Crippen LogP contribution >= 0.6 is 27.5 Å². The van der Waals surface area contributed by atoms with E-state index in [0.717, 1.165) is 6.07 Å². The van der Waals surface area contributed by atoms with Gasteiger partial charge >= 0.3 is 0 Å². The average molecular weight is 348 g/mol. The third kappa shape index (κ3) is 2.96. The fourth-order valence-corrected chi connectivity index (χ4v) is 2.41. The van der Waals surface area contributed by atoms with Crippen molar-refractivity contribution in [1.29, 1.82) is 0 Å². The van der Waals surface area contributed by atoms with E-state index in [0.29, 0.717) is 10.0 Å². The molecule has 0 aliphatic rings. The fraction of sp³-hybridized carbons (Fsp3) is 0.143. The molecule has 5 heteroatoms. The van der Waals surface area contributed by atoms with Crippen LogP contribution in [0, 0.1) is 18.6 Å². The Morgan fingerprint density at radius 3 is 2.47 bits per heavy atom. The third-order valence-corrected chi connectivity index (χ3v) is 3.65. The Labute approximate surface area is 123 Å². The second-order valence-corrected chi connectivity index (χ2v) is 5.51. The molecular formula is C14H10BrClF2O. The summed E-state index contributed by atoms with van der Waals surface area (Å²) in [6.07, 6.45) is -1.25. The van der Waals surface area contributed by atoms with Gasteiger partial charge in [0.25, 0.3) is 0 Å². The Balaban J connectivity index is 2.52. The lowest BCUT2D eigenvalue weighted by molar-refractivity contribution is 0.215. The van der Waals surface area contributed by atoms with E-state index in [9.17, 15) is 13.9 Å². The van der Waals surface area contributed by atoms with Crippen LogP contribution in [-0.2, 0) is 0 Å². The average Bonchev–Trinajstić information content (AvgIpc) is 2.36. The molecule has 0 bridgehead atoms. The summed E-state index contributed by atoms with van der Waals surface area (Å²) in [6.45, 7) is 1.55. The van der Waals surface area contributed by atoms with Crippen LogP contribution in [0.5, 0.6) is 0 Å². The topological polar surface area (TPSA) is 20.2 Å². The third-order valence-electron chi connectivity index (χ3n) is 2.83. The maximum Gasteiger partial charge on any atom is 0.129 e. The molecule has 1 atom stereocenters. The smallest absolute Gasteiger partial charge is 0.129 e. The first kappa shape index (κ1) is 14.4. The number of halogens is 4. The van der Waals surface area contributed by atoms with E-state index in [2.05, 4.69) is 15.9 Å². The van der Waals surface area contributed by atoms with Crippen LogP contribution < -0.4 is 0 Å². The molecule has 2 rings (SSSR count). The number of rotatable bonds is 2. The van der Waals surface area contributed by atoms with Crippen LogP contribution in [-0.4, -0.2) is 5.11 Å². The van der Waals surface area contributed by atoms with Crippen LogP contribution in [0.2, 0.25) is 5.02 Å². The maximum absolute atomic E-state index is 13.7. The molecule has 0 aromatic heterocycles. The molecule has 2 aromatic rings. The lowest BCUT2D eigenvalue weighted by atomic mass is 9.99. The van der Waals surface area contributed by atoms with Gasteiger partial charge in [0, 0.05) is 20.6 Å². The van der Waals surface area contributed by atoms with Crippen LogP contribution in [0.4, 0.5) is 8.78 Å². The summed E-state index contributed by atoms with van der Waals surface area (Å²) in [5.74, 6) is -1.01. The Bertz CT molecular complexity index is 631. The van der Waals surface area contributed by atoms with Crippen molar-refractivity contribution in [3.05, 3.63) is 68.2 Å². The quantitative estimate of drug-likeness (QED) is 0.829. The van der Waals surface area contributed by atoms with Crippen LogP contribution in [0.25, 0.3) is 0 Å². The number of benzene rings is 2. The molecule has 0 aliphatic heterocycles.